The molecule has 8 nitrogen and oxygen atoms in total. The van der Waals surface area contributed by atoms with Crippen LogP contribution in [0.4, 0.5) is 11.4 Å². The lowest BCUT2D eigenvalue weighted by Gasteiger charge is -2.18. The van der Waals surface area contributed by atoms with Gasteiger partial charge < -0.3 is 10.8 Å². The standard InChI is InChI=1S/C10H15N3O5S/c1-7(14)6-12(2)19(17,18)8-3-4-9(11)10(5-8)13(15)16/h3-5,7,14H,6,11H2,1-2H3. The average Bonchev–Trinajstić information content (AvgIpc) is 2.27. The van der Waals surface area contributed by atoms with Crippen molar-refractivity contribution in [1.29, 1.82) is 0 Å². The number of nitrogen functional groups attached to an aromatic ring is 1. The maximum Gasteiger partial charge on any atom is 0.293 e. The van der Waals surface area contributed by atoms with Crippen molar-refractivity contribution < 1.29 is 18.4 Å². The largest absolute Gasteiger partial charge is 0.393 e. The van der Waals surface area contributed by atoms with Crippen molar-refractivity contribution in [3.05, 3.63) is 28.3 Å². The quantitative estimate of drug-likeness (QED) is 0.452. The van der Waals surface area contributed by atoms with E-state index in [4.69, 9.17) is 5.73 Å². The number of nitrogens with zero attached hydrogens (tertiary/aromatic N) is 2. The van der Waals surface area contributed by atoms with Crippen molar-refractivity contribution in [2.24, 2.45) is 0 Å². The zero-order chi connectivity index (χ0) is 14.8. The molecule has 1 aromatic rings. The van der Waals surface area contributed by atoms with Crippen LogP contribution in [0, 0.1) is 10.1 Å². The molecular formula is C10H15N3O5S. The zero-order valence-electron chi connectivity index (χ0n) is 10.5. The van der Waals surface area contributed by atoms with Gasteiger partial charge in [0.05, 0.1) is 15.9 Å². The minimum absolute atomic E-state index is 0.109. The van der Waals surface area contributed by atoms with Gasteiger partial charge in [-0.15, -0.1) is 0 Å². The third kappa shape index (κ3) is 3.40. The number of anilines is 1. The molecule has 0 aromatic heterocycles. The fourth-order valence-corrected chi connectivity index (χ4v) is 2.76. The van der Waals surface area contributed by atoms with E-state index < -0.39 is 26.7 Å². The summed E-state index contributed by atoms with van der Waals surface area (Å²) in [5.41, 5.74) is 4.83. The van der Waals surface area contributed by atoms with Gasteiger partial charge in [0.15, 0.2) is 0 Å². The molecule has 0 heterocycles. The van der Waals surface area contributed by atoms with E-state index in [0.717, 1.165) is 10.4 Å². The van der Waals surface area contributed by atoms with Crippen LogP contribution in [0.5, 0.6) is 0 Å². The number of hydrogen-bond acceptors (Lipinski definition) is 6. The topological polar surface area (TPSA) is 127 Å². The third-order valence-corrected chi connectivity index (χ3v) is 4.25. The number of nitrogens with two attached hydrogens (primary N) is 1. The molecule has 0 fully saturated rings. The second-order valence-corrected chi connectivity index (χ2v) is 6.16. The molecule has 106 valence electrons. The maximum atomic E-state index is 12.1. The molecule has 0 aliphatic carbocycles. The number of aliphatic hydroxyl groups excluding tert-OH is 1. The zero-order valence-corrected chi connectivity index (χ0v) is 11.3. The Morgan fingerprint density at radius 2 is 2.11 bits per heavy atom. The highest BCUT2D eigenvalue weighted by Gasteiger charge is 2.25. The van der Waals surface area contributed by atoms with Crippen LogP contribution in [-0.4, -0.2) is 42.4 Å². The highest BCUT2D eigenvalue weighted by molar-refractivity contribution is 7.89. The summed E-state index contributed by atoms with van der Waals surface area (Å²) in [5, 5.41) is 19.9. The molecule has 3 N–H and O–H groups in total. The second-order valence-electron chi connectivity index (χ2n) is 4.11. The van der Waals surface area contributed by atoms with Gasteiger partial charge in [-0.2, -0.15) is 4.31 Å². The Kier molecular flexibility index (Phi) is 4.45. The highest BCUT2D eigenvalue weighted by atomic mass is 32.2. The molecule has 0 aliphatic heterocycles. The SMILES string of the molecule is CC(O)CN(C)S(=O)(=O)c1ccc(N)c([N+](=O)[O-])c1. The van der Waals surface area contributed by atoms with Gasteiger partial charge in [0.2, 0.25) is 10.0 Å². The van der Waals surface area contributed by atoms with Crippen LogP contribution in [0.1, 0.15) is 6.92 Å². The summed E-state index contributed by atoms with van der Waals surface area (Å²) in [7, 11) is -2.61. The first-order valence-corrected chi connectivity index (χ1v) is 6.78. The van der Waals surface area contributed by atoms with Crippen molar-refractivity contribution in [3.63, 3.8) is 0 Å². The lowest BCUT2D eigenvalue weighted by Crippen LogP contribution is -2.33. The summed E-state index contributed by atoms with van der Waals surface area (Å²) in [4.78, 5) is 9.74. The van der Waals surface area contributed by atoms with Gasteiger partial charge in [-0.25, -0.2) is 8.42 Å². The van der Waals surface area contributed by atoms with Crippen LogP contribution in [0.15, 0.2) is 23.1 Å². The summed E-state index contributed by atoms with van der Waals surface area (Å²) in [6, 6.07) is 3.26. The lowest BCUT2D eigenvalue weighted by molar-refractivity contribution is -0.384. The second kappa shape index (κ2) is 5.51. The molecule has 0 saturated carbocycles. The predicted octanol–water partition coefficient (Wildman–Crippen LogP) is 0.178. The Bertz CT molecular complexity index is 585. The van der Waals surface area contributed by atoms with Crippen LogP contribution in [0.2, 0.25) is 0 Å². The van der Waals surface area contributed by atoms with Gasteiger partial charge in [-0.1, -0.05) is 0 Å². The monoisotopic (exact) mass is 289 g/mol. The first kappa shape index (κ1) is 15.3. The summed E-state index contributed by atoms with van der Waals surface area (Å²) < 4.78 is 25.1. The van der Waals surface area contributed by atoms with Gasteiger partial charge in [0.25, 0.3) is 5.69 Å². The summed E-state index contributed by atoms with van der Waals surface area (Å²) in [5.74, 6) is 0. The summed E-state index contributed by atoms with van der Waals surface area (Å²) in [6.07, 6.45) is -0.844. The van der Waals surface area contributed by atoms with Crippen molar-refractivity contribution in [1.82, 2.24) is 4.31 Å². The average molecular weight is 289 g/mol. The number of nitro benzene ring substituents is 1. The number of aliphatic hydroxyl groups is 1. The van der Waals surface area contributed by atoms with Gasteiger partial charge in [-0.3, -0.25) is 10.1 Å². The predicted molar refractivity (Wildman–Crippen MR) is 69.0 cm³/mol. The molecule has 9 heteroatoms. The Balaban J connectivity index is 3.22. The number of likely N-dealkylation sites (N-methyl/N-ethyl adjacent to an activating group) is 1. The molecule has 0 amide bonds. The minimum atomic E-state index is -3.89. The van der Waals surface area contributed by atoms with Crippen LogP contribution < -0.4 is 5.73 Å². The van der Waals surface area contributed by atoms with E-state index in [1.165, 1.54) is 26.1 Å². The highest BCUT2D eigenvalue weighted by Crippen LogP contribution is 2.26. The Morgan fingerprint density at radius 3 is 2.58 bits per heavy atom. The molecule has 0 saturated heterocycles. The number of hydrogen-bond donors (Lipinski definition) is 2. The van der Waals surface area contributed by atoms with E-state index in [1.54, 1.807) is 0 Å². The molecule has 0 bridgehead atoms. The van der Waals surface area contributed by atoms with Crippen LogP contribution in [0.25, 0.3) is 0 Å². The van der Waals surface area contributed by atoms with Crippen LogP contribution in [-0.2, 0) is 10.0 Å². The Labute approximate surface area is 110 Å². The lowest BCUT2D eigenvalue weighted by atomic mass is 10.3. The fourth-order valence-electron chi connectivity index (χ4n) is 1.49. The van der Waals surface area contributed by atoms with E-state index in [2.05, 4.69) is 0 Å². The van der Waals surface area contributed by atoms with E-state index in [9.17, 15) is 23.6 Å². The molecule has 1 atom stereocenters. The Morgan fingerprint density at radius 1 is 1.53 bits per heavy atom. The summed E-state index contributed by atoms with van der Waals surface area (Å²) >= 11 is 0. The third-order valence-electron chi connectivity index (χ3n) is 2.43. The first-order valence-electron chi connectivity index (χ1n) is 5.34. The van der Waals surface area contributed by atoms with Gasteiger partial charge in [0, 0.05) is 19.7 Å². The van der Waals surface area contributed by atoms with Crippen molar-refractivity contribution >= 4 is 21.4 Å². The van der Waals surface area contributed by atoms with Gasteiger partial charge >= 0.3 is 0 Å². The normalized spacial score (nSPS) is 13.5. The smallest absolute Gasteiger partial charge is 0.293 e. The van der Waals surface area contributed by atoms with Crippen molar-refractivity contribution in [3.8, 4) is 0 Å². The number of nitro groups is 1. The van der Waals surface area contributed by atoms with Crippen molar-refractivity contribution in [2.75, 3.05) is 19.3 Å². The van der Waals surface area contributed by atoms with E-state index >= 15 is 0 Å². The number of sulfonamides is 1. The number of benzene rings is 1. The molecule has 0 spiro atoms. The van der Waals surface area contributed by atoms with Gasteiger partial charge in [-0.05, 0) is 19.1 Å². The molecular weight excluding hydrogens is 274 g/mol. The summed E-state index contributed by atoms with van der Waals surface area (Å²) in [6.45, 7) is 1.33. The minimum Gasteiger partial charge on any atom is -0.393 e. The molecule has 19 heavy (non-hydrogen) atoms. The molecule has 0 aliphatic rings. The molecule has 1 rings (SSSR count). The fraction of sp³-hybridized carbons (Fsp3) is 0.400. The van der Waals surface area contributed by atoms with E-state index in [0.29, 0.717) is 0 Å². The maximum absolute atomic E-state index is 12.1. The van der Waals surface area contributed by atoms with E-state index in [1.807, 2.05) is 0 Å². The van der Waals surface area contributed by atoms with E-state index in [-0.39, 0.29) is 17.1 Å². The van der Waals surface area contributed by atoms with Crippen molar-refractivity contribution in [2.45, 2.75) is 17.9 Å². The van der Waals surface area contributed by atoms with Crippen LogP contribution >= 0.6 is 0 Å². The Hall–Kier alpha value is -1.71. The first-order chi connectivity index (χ1) is 8.66. The van der Waals surface area contributed by atoms with Crippen LogP contribution in [0.3, 0.4) is 0 Å². The number of rotatable bonds is 5. The molecule has 1 unspecified atom stereocenters. The molecule has 0 radical (unpaired) electrons. The molecule has 1 aromatic carbocycles. The van der Waals surface area contributed by atoms with Gasteiger partial charge in [0.1, 0.15) is 5.69 Å².